The maximum absolute atomic E-state index is 5.54. The van der Waals surface area contributed by atoms with Crippen molar-refractivity contribution in [3.05, 3.63) is 0 Å². The van der Waals surface area contributed by atoms with Crippen molar-refractivity contribution in [1.29, 1.82) is 0 Å². The van der Waals surface area contributed by atoms with E-state index in [1.165, 1.54) is 12.8 Å². The molecule has 0 atom stereocenters. The Hall–Kier alpha value is -1.59. The van der Waals surface area contributed by atoms with Crippen molar-refractivity contribution in [1.82, 2.24) is 15.0 Å². The monoisotopic (exact) mass is 252 g/mol. The van der Waals surface area contributed by atoms with Gasteiger partial charge in [-0.05, 0) is 18.8 Å². The van der Waals surface area contributed by atoms with Crippen LogP contribution in [0.1, 0.15) is 32.6 Å². The van der Waals surface area contributed by atoms with Gasteiger partial charge in [0.2, 0.25) is 5.95 Å². The van der Waals surface area contributed by atoms with E-state index >= 15 is 0 Å². The second kappa shape index (κ2) is 6.37. The van der Waals surface area contributed by atoms with Crippen molar-refractivity contribution >= 4 is 5.95 Å². The van der Waals surface area contributed by atoms with Gasteiger partial charge < -0.3 is 14.8 Å². The molecule has 1 aliphatic rings. The van der Waals surface area contributed by atoms with E-state index in [1.807, 2.05) is 6.92 Å². The van der Waals surface area contributed by atoms with Crippen molar-refractivity contribution in [2.24, 2.45) is 5.92 Å². The number of aromatic nitrogens is 3. The third-order valence-corrected chi connectivity index (χ3v) is 2.71. The first-order valence-electron chi connectivity index (χ1n) is 6.51. The lowest BCUT2D eigenvalue weighted by Crippen LogP contribution is -2.08. The standard InChI is InChI=1S/C12H20N4O2/c1-3-7-17-11-14-10(13-2)15-12(16-11)18-8-6-9-4-5-9/h9H,3-8H2,1-2H3,(H,13,14,15,16). The van der Waals surface area contributed by atoms with E-state index < -0.39 is 0 Å². The van der Waals surface area contributed by atoms with Gasteiger partial charge in [-0.15, -0.1) is 4.98 Å². The zero-order chi connectivity index (χ0) is 12.8. The number of anilines is 1. The minimum absolute atomic E-state index is 0.317. The molecule has 0 amide bonds. The van der Waals surface area contributed by atoms with E-state index in [1.54, 1.807) is 7.05 Å². The van der Waals surface area contributed by atoms with Gasteiger partial charge in [0.15, 0.2) is 0 Å². The van der Waals surface area contributed by atoms with E-state index in [2.05, 4.69) is 20.3 Å². The first-order chi connectivity index (χ1) is 8.81. The number of hydrogen-bond acceptors (Lipinski definition) is 6. The number of rotatable bonds is 8. The Morgan fingerprint density at radius 2 is 1.78 bits per heavy atom. The van der Waals surface area contributed by atoms with Gasteiger partial charge in [0, 0.05) is 7.05 Å². The van der Waals surface area contributed by atoms with Crippen LogP contribution in [0, 0.1) is 5.92 Å². The van der Waals surface area contributed by atoms with Crippen LogP contribution in [0.2, 0.25) is 0 Å². The normalized spacial score (nSPS) is 14.3. The molecule has 0 unspecified atom stereocenters. The highest BCUT2D eigenvalue weighted by atomic mass is 16.5. The summed E-state index contributed by atoms with van der Waals surface area (Å²) in [5, 5.41) is 2.87. The van der Waals surface area contributed by atoms with Crippen LogP contribution in [-0.2, 0) is 0 Å². The molecule has 0 aliphatic heterocycles. The number of ether oxygens (including phenoxy) is 2. The minimum Gasteiger partial charge on any atom is -0.463 e. The van der Waals surface area contributed by atoms with Crippen LogP contribution in [0.3, 0.4) is 0 Å². The Bertz CT molecular complexity index is 382. The zero-order valence-electron chi connectivity index (χ0n) is 11.0. The highest BCUT2D eigenvalue weighted by molar-refractivity contribution is 5.26. The highest BCUT2D eigenvalue weighted by Gasteiger charge is 2.21. The maximum Gasteiger partial charge on any atom is 0.324 e. The average Bonchev–Trinajstić information content (AvgIpc) is 3.20. The third-order valence-electron chi connectivity index (χ3n) is 2.71. The summed E-state index contributed by atoms with van der Waals surface area (Å²) in [6, 6.07) is 0.652. The topological polar surface area (TPSA) is 69.2 Å². The molecule has 6 nitrogen and oxygen atoms in total. The lowest BCUT2D eigenvalue weighted by Gasteiger charge is -2.08. The first kappa shape index (κ1) is 12.9. The molecule has 1 aromatic rings. The van der Waals surface area contributed by atoms with Gasteiger partial charge in [0.1, 0.15) is 0 Å². The second-order valence-corrected chi connectivity index (χ2v) is 4.40. The van der Waals surface area contributed by atoms with Crippen LogP contribution in [0.4, 0.5) is 5.95 Å². The molecular weight excluding hydrogens is 232 g/mol. The van der Waals surface area contributed by atoms with Crippen LogP contribution >= 0.6 is 0 Å². The van der Waals surface area contributed by atoms with Crippen LogP contribution in [0.15, 0.2) is 0 Å². The molecule has 1 aliphatic carbocycles. The molecule has 1 aromatic heterocycles. The largest absolute Gasteiger partial charge is 0.463 e. The Kier molecular flexibility index (Phi) is 4.55. The van der Waals surface area contributed by atoms with Crippen molar-refractivity contribution in [3.63, 3.8) is 0 Å². The summed E-state index contributed by atoms with van der Waals surface area (Å²) >= 11 is 0. The molecule has 0 spiro atoms. The summed E-state index contributed by atoms with van der Waals surface area (Å²) in [6.45, 7) is 3.28. The molecule has 2 rings (SSSR count). The van der Waals surface area contributed by atoms with E-state index in [9.17, 15) is 0 Å². The molecule has 0 bridgehead atoms. The molecule has 0 aromatic carbocycles. The number of nitrogens with zero attached hydrogens (tertiary/aromatic N) is 3. The predicted molar refractivity (Wildman–Crippen MR) is 68.0 cm³/mol. The molecular formula is C12H20N4O2. The van der Waals surface area contributed by atoms with Gasteiger partial charge in [0.05, 0.1) is 13.2 Å². The van der Waals surface area contributed by atoms with Crippen molar-refractivity contribution < 1.29 is 9.47 Å². The lowest BCUT2D eigenvalue weighted by atomic mass is 10.3. The van der Waals surface area contributed by atoms with Crippen LogP contribution in [0.5, 0.6) is 12.0 Å². The van der Waals surface area contributed by atoms with Gasteiger partial charge in [-0.1, -0.05) is 19.8 Å². The smallest absolute Gasteiger partial charge is 0.324 e. The fourth-order valence-corrected chi connectivity index (χ4v) is 1.50. The quantitative estimate of drug-likeness (QED) is 0.762. The van der Waals surface area contributed by atoms with E-state index in [-0.39, 0.29) is 0 Å². The Labute approximate surface area is 107 Å². The minimum atomic E-state index is 0.317. The molecule has 6 heteroatoms. The van der Waals surface area contributed by atoms with Crippen LogP contribution in [-0.4, -0.2) is 35.2 Å². The van der Waals surface area contributed by atoms with Gasteiger partial charge in [-0.2, -0.15) is 9.97 Å². The summed E-state index contributed by atoms with van der Waals surface area (Å²) in [5.74, 6) is 1.31. The summed E-state index contributed by atoms with van der Waals surface area (Å²) in [4.78, 5) is 12.4. The lowest BCUT2D eigenvalue weighted by molar-refractivity contribution is 0.256. The SMILES string of the molecule is CCCOc1nc(NC)nc(OCCC2CC2)n1. The molecule has 1 heterocycles. The van der Waals surface area contributed by atoms with E-state index in [0.29, 0.717) is 31.2 Å². The fraction of sp³-hybridized carbons (Fsp3) is 0.750. The summed E-state index contributed by atoms with van der Waals surface area (Å²) < 4.78 is 10.9. The zero-order valence-corrected chi connectivity index (χ0v) is 11.0. The summed E-state index contributed by atoms with van der Waals surface area (Å²) in [5.41, 5.74) is 0. The van der Waals surface area contributed by atoms with Gasteiger partial charge >= 0.3 is 12.0 Å². The molecule has 100 valence electrons. The Morgan fingerprint density at radius 1 is 1.11 bits per heavy atom. The first-order valence-corrected chi connectivity index (χ1v) is 6.51. The number of nitrogens with one attached hydrogen (secondary N) is 1. The molecule has 0 radical (unpaired) electrons. The maximum atomic E-state index is 5.54. The third kappa shape index (κ3) is 4.01. The van der Waals surface area contributed by atoms with E-state index in [4.69, 9.17) is 9.47 Å². The van der Waals surface area contributed by atoms with Crippen molar-refractivity contribution in [2.75, 3.05) is 25.6 Å². The van der Waals surface area contributed by atoms with Crippen molar-refractivity contribution in [2.45, 2.75) is 32.6 Å². The summed E-state index contributed by atoms with van der Waals surface area (Å²) in [6.07, 6.45) is 4.64. The Balaban J connectivity index is 1.92. The molecule has 18 heavy (non-hydrogen) atoms. The molecule has 0 saturated heterocycles. The predicted octanol–water partition coefficient (Wildman–Crippen LogP) is 1.88. The Morgan fingerprint density at radius 3 is 2.33 bits per heavy atom. The summed E-state index contributed by atoms with van der Waals surface area (Å²) in [7, 11) is 1.76. The van der Waals surface area contributed by atoms with Crippen molar-refractivity contribution in [3.8, 4) is 12.0 Å². The fourth-order valence-electron chi connectivity index (χ4n) is 1.50. The van der Waals surface area contributed by atoms with Crippen LogP contribution < -0.4 is 14.8 Å². The average molecular weight is 252 g/mol. The van der Waals surface area contributed by atoms with Gasteiger partial charge in [-0.25, -0.2) is 0 Å². The van der Waals surface area contributed by atoms with Crippen LogP contribution in [0.25, 0.3) is 0 Å². The number of hydrogen-bond donors (Lipinski definition) is 1. The van der Waals surface area contributed by atoms with Gasteiger partial charge in [-0.3, -0.25) is 0 Å². The highest BCUT2D eigenvalue weighted by Crippen LogP contribution is 2.32. The second-order valence-electron chi connectivity index (χ2n) is 4.40. The van der Waals surface area contributed by atoms with E-state index in [0.717, 1.165) is 18.8 Å². The molecule has 1 N–H and O–H groups in total. The van der Waals surface area contributed by atoms with Gasteiger partial charge in [0.25, 0.3) is 0 Å². The molecule has 1 fully saturated rings. The molecule has 1 saturated carbocycles.